The van der Waals surface area contributed by atoms with Crippen LogP contribution in [0.2, 0.25) is 0 Å². The summed E-state index contributed by atoms with van der Waals surface area (Å²) in [6.07, 6.45) is 2.20. The highest BCUT2D eigenvalue weighted by Crippen LogP contribution is 2.17. The standard InChI is InChI=1S/C8H18OSi/c1-5-8(4,6-2)9-10-7-3/h7H,3,5-6,10H2,1-2,4H3. The maximum absolute atomic E-state index is 5.70. The quantitative estimate of drug-likeness (QED) is 0.554. The van der Waals surface area contributed by atoms with Crippen LogP contribution in [0, 0.1) is 0 Å². The third-order valence-electron chi connectivity index (χ3n) is 2.05. The molecular formula is C8H18OSi. The Labute approximate surface area is 66.4 Å². The Bertz CT molecular complexity index is 97.4. The third-order valence-corrected chi connectivity index (χ3v) is 3.14. The monoisotopic (exact) mass is 158 g/mol. The Morgan fingerprint density at radius 1 is 1.50 bits per heavy atom. The molecule has 0 fully saturated rings. The summed E-state index contributed by atoms with van der Waals surface area (Å²) in [6.45, 7) is 10.2. The first-order chi connectivity index (χ1) is 4.68. The van der Waals surface area contributed by atoms with Crippen LogP contribution in [0.1, 0.15) is 33.6 Å². The first-order valence-electron chi connectivity index (χ1n) is 3.93. The van der Waals surface area contributed by atoms with Crippen LogP contribution in [0.15, 0.2) is 12.3 Å². The smallest absolute Gasteiger partial charge is 0.185 e. The van der Waals surface area contributed by atoms with Crippen molar-refractivity contribution in [2.75, 3.05) is 0 Å². The SMILES string of the molecule is C=C[SiH2]OC(C)(CC)CC. The Kier molecular flexibility index (Phi) is 4.65. The number of rotatable bonds is 5. The second-order valence-electron chi connectivity index (χ2n) is 2.76. The summed E-state index contributed by atoms with van der Waals surface area (Å²) in [5, 5.41) is 0. The van der Waals surface area contributed by atoms with Crippen LogP contribution in [-0.2, 0) is 4.43 Å². The molecule has 0 amide bonds. The van der Waals surface area contributed by atoms with Gasteiger partial charge in [0.2, 0.25) is 0 Å². The molecular weight excluding hydrogens is 140 g/mol. The minimum absolute atomic E-state index is 0.125. The zero-order chi connectivity index (χ0) is 8.04. The van der Waals surface area contributed by atoms with Gasteiger partial charge in [-0.2, -0.15) is 0 Å². The van der Waals surface area contributed by atoms with Crippen molar-refractivity contribution in [2.45, 2.75) is 39.2 Å². The van der Waals surface area contributed by atoms with Crippen LogP contribution in [0.4, 0.5) is 0 Å². The summed E-state index contributed by atoms with van der Waals surface area (Å²) < 4.78 is 5.70. The van der Waals surface area contributed by atoms with Gasteiger partial charge >= 0.3 is 0 Å². The lowest BCUT2D eigenvalue weighted by atomic mass is 10.0. The van der Waals surface area contributed by atoms with Crippen molar-refractivity contribution in [1.82, 2.24) is 0 Å². The summed E-state index contributed by atoms with van der Waals surface area (Å²) in [5.74, 6) is 0. The van der Waals surface area contributed by atoms with Gasteiger partial charge in [0.15, 0.2) is 9.76 Å². The molecule has 0 aromatic carbocycles. The van der Waals surface area contributed by atoms with Crippen LogP contribution >= 0.6 is 0 Å². The van der Waals surface area contributed by atoms with E-state index >= 15 is 0 Å². The molecule has 10 heavy (non-hydrogen) atoms. The van der Waals surface area contributed by atoms with Crippen molar-refractivity contribution in [3.8, 4) is 0 Å². The van der Waals surface area contributed by atoms with Gasteiger partial charge in [0.1, 0.15) is 0 Å². The van der Waals surface area contributed by atoms with E-state index in [1.54, 1.807) is 0 Å². The minimum Gasteiger partial charge on any atom is -0.414 e. The van der Waals surface area contributed by atoms with Gasteiger partial charge in [0.05, 0.1) is 5.60 Å². The van der Waals surface area contributed by atoms with E-state index in [0.717, 1.165) is 12.8 Å². The zero-order valence-electron chi connectivity index (χ0n) is 7.31. The lowest BCUT2D eigenvalue weighted by Crippen LogP contribution is -2.27. The summed E-state index contributed by atoms with van der Waals surface area (Å²) in [7, 11) is -0.441. The topological polar surface area (TPSA) is 9.23 Å². The maximum atomic E-state index is 5.70. The molecule has 2 heteroatoms. The third kappa shape index (κ3) is 3.18. The summed E-state index contributed by atoms with van der Waals surface area (Å²) in [5.41, 5.74) is 2.06. The second-order valence-corrected chi connectivity index (χ2v) is 3.96. The summed E-state index contributed by atoms with van der Waals surface area (Å²) in [4.78, 5) is 0. The molecule has 0 aliphatic carbocycles. The fourth-order valence-electron chi connectivity index (χ4n) is 0.714. The van der Waals surface area contributed by atoms with Crippen LogP contribution in [-0.4, -0.2) is 15.4 Å². The van der Waals surface area contributed by atoms with Gasteiger partial charge in [-0.1, -0.05) is 19.5 Å². The van der Waals surface area contributed by atoms with Crippen molar-refractivity contribution in [3.05, 3.63) is 12.3 Å². The molecule has 0 saturated heterocycles. The molecule has 60 valence electrons. The van der Waals surface area contributed by atoms with Gasteiger partial charge in [-0.05, 0) is 19.8 Å². The van der Waals surface area contributed by atoms with Crippen molar-refractivity contribution in [3.63, 3.8) is 0 Å². The first-order valence-corrected chi connectivity index (χ1v) is 5.32. The molecule has 1 nitrogen and oxygen atoms in total. The number of hydrogen-bond acceptors (Lipinski definition) is 1. The van der Waals surface area contributed by atoms with Crippen molar-refractivity contribution >= 4 is 9.76 Å². The molecule has 0 unspecified atom stereocenters. The lowest BCUT2D eigenvalue weighted by Gasteiger charge is -2.26. The first kappa shape index (κ1) is 9.92. The molecule has 0 aliphatic heterocycles. The van der Waals surface area contributed by atoms with Crippen molar-refractivity contribution in [1.29, 1.82) is 0 Å². The largest absolute Gasteiger partial charge is 0.414 e. The van der Waals surface area contributed by atoms with Crippen molar-refractivity contribution < 1.29 is 4.43 Å². The van der Waals surface area contributed by atoms with Gasteiger partial charge in [-0.15, -0.1) is 6.58 Å². The van der Waals surface area contributed by atoms with E-state index in [0.29, 0.717) is 0 Å². The van der Waals surface area contributed by atoms with Crippen LogP contribution in [0.5, 0.6) is 0 Å². The molecule has 0 rings (SSSR count). The molecule has 0 heterocycles. The average molecular weight is 158 g/mol. The van der Waals surface area contributed by atoms with E-state index in [2.05, 4.69) is 27.4 Å². The molecule has 0 aliphatic rings. The predicted molar refractivity (Wildman–Crippen MR) is 48.8 cm³/mol. The highest BCUT2D eigenvalue weighted by molar-refractivity contribution is 6.34. The van der Waals surface area contributed by atoms with E-state index in [9.17, 15) is 0 Å². The summed E-state index contributed by atoms with van der Waals surface area (Å²) in [6, 6.07) is 0. The van der Waals surface area contributed by atoms with Gasteiger partial charge in [0, 0.05) is 0 Å². The molecule has 0 bridgehead atoms. The molecule has 0 saturated carbocycles. The number of hydrogen-bond donors (Lipinski definition) is 0. The Morgan fingerprint density at radius 3 is 2.30 bits per heavy atom. The van der Waals surface area contributed by atoms with Gasteiger partial charge in [-0.25, -0.2) is 0 Å². The predicted octanol–water partition coefficient (Wildman–Crippen LogP) is 1.81. The van der Waals surface area contributed by atoms with Gasteiger partial charge in [-0.3, -0.25) is 0 Å². The lowest BCUT2D eigenvalue weighted by molar-refractivity contribution is 0.0879. The van der Waals surface area contributed by atoms with E-state index in [1.807, 2.05) is 5.70 Å². The maximum Gasteiger partial charge on any atom is 0.185 e. The molecule has 0 N–H and O–H groups in total. The van der Waals surface area contributed by atoms with Crippen LogP contribution in [0.25, 0.3) is 0 Å². The zero-order valence-corrected chi connectivity index (χ0v) is 8.73. The molecule has 0 radical (unpaired) electrons. The molecule has 0 spiro atoms. The Hall–Kier alpha value is -0.0831. The van der Waals surface area contributed by atoms with Crippen LogP contribution < -0.4 is 0 Å². The van der Waals surface area contributed by atoms with E-state index in [-0.39, 0.29) is 5.60 Å². The molecule has 0 atom stereocenters. The van der Waals surface area contributed by atoms with Gasteiger partial charge < -0.3 is 4.43 Å². The fraction of sp³-hybridized carbons (Fsp3) is 0.750. The summed E-state index contributed by atoms with van der Waals surface area (Å²) >= 11 is 0. The second kappa shape index (κ2) is 4.69. The average Bonchev–Trinajstić information content (AvgIpc) is 2.00. The highest BCUT2D eigenvalue weighted by Gasteiger charge is 2.17. The minimum atomic E-state index is -0.441. The molecule has 0 aromatic heterocycles. The molecule has 0 aromatic rings. The highest BCUT2D eigenvalue weighted by atomic mass is 28.2. The van der Waals surface area contributed by atoms with E-state index < -0.39 is 9.76 Å². The van der Waals surface area contributed by atoms with E-state index in [1.165, 1.54) is 0 Å². The Balaban J connectivity index is 3.68. The van der Waals surface area contributed by atoms with Crippen molar-refractivity contribution in [2.24, 2.45) is 0 Å². The fourth-order valence-corrected chi connectivity index (χ4v) is 1.64. The Morgan fingerprint density at radius 2 is 2.00 bits per heavy atom. The van der Waals surface area contributed by atoms with Crippen LogP contribution in [0.3, 0.4) is 0 Å². The normalized spacial score (nSPS) is 12.7. The van der Waals surface area contributed by atoms with Gasteiger partial charge in [0.25, 0.3) is 0 Å². The van der Waals surface area contributed by atoms with E-state index in [4.69, 9.17) is 4.43 Å².